The maximum atomic E-state index is 14.1. The number of halogens is 3. The summed E-state index contributed by atoms with van der Waals surface area (Å²) >= 11 is 0. The zero-order chi connectivity index (χ0) is 14.7. The van der Waals surface area contributed by atoms with Gasteiger partial charge in [-0.25, -0.2) is 13.2 Å². The Balaban J connectivity index is 2.38. The smallest absolute Gasteiger partial charge is 0.194 e. The van der Waals surface area contributed by atoms with Crippen LogP contribution in [0.25, 0.3) is 0 Å². The number of rotatable bonds is 4. The van der Waals surface area contributed by atoms with E-state index in [2.05, 4.69) is 10.2 Å². The molecule has 1 aromatic rings. The summed E-state index contributed by atoms with van der Waals surface area (Å²) in [6, 6.07) is 2.19. The van der Waals surface area contributed by atoms with Crippen molar-refractivity contribution in [2.75, 3.05) is 26.2 Å². The molecule has 0 aliphatic carbocycles. The molecular weight excluding hydrogens is 265 g/mol. The normalized spacial score (nSPS) is 19.9. The minimum absolute atomic E-state index is 0.174. The Kier molecular flexibility index (Phi) is 5.05. The molecule has 1 aromatic carbocycles. The summed E-state index contributed by atoms with van der Waals surface area (Å²) < 4.78 is 40.7. The van der Waals surface area contributed by atoms with Crippen molar-refractivity contribution < 1.29 is 13.2 Å². The molecule has 1 fully saturated rings. The second-order valence-corrected chi connectivity index (χ2v) is 5.38. The predicted octanol–water partition coefficient (Wildman–Crippen LogP) is 3.10. The van der Waals surface area contributed by atoms with Gasteiger partial charge in [0.05, 0.1) is 0 Å². The molecule has 2 rings (SSSR count). The summed E-state index contributed by atoms with van der Waals surface area (Å²) in [6.45, 7) is 7.28. The average molecular weight is 286 g/mol. The standard InChI is InChI=1S/C15H21F3N2/c1-3-10(2)15(20-8-6-19-7-9-20)11-4-5-12(16)14(18)13(11)17/h4-5,10,15,19H,3,6-9H2,1-2H3/t10?,15-/m0/s1. The fourth-order valence-corrected chi connectivity index (χ4v) is 2.82. The predicted molar refractivity (Wildman–Crippen MR) is 73.0 cm³/mol. The van der Waals surface area contributed by atoms with Gasteiger partial charge in [0.25, 0.3) is 0 Å². The van der Waals surface area contributed by atoms with Crippen LogP contribution in [-0.4, -0.2) is 31.1 Å². The third kappa shape index (κ3) is 2.99. The second kappa shape index (κ2) is 6.59. The van der Waals surface area contributed by atoms with Gasteiger partial charge in [-0.15, -0.1) is 0 Å². The van der Waals surface area contributed by atoms with Crippen LogP contribution in [0.1, 0.15) is 31.9 Å². The first-order chi connectivity index (χ1) is 9.56. The molecule has 2 nitrogen and oxygen atoms in total. The highest BCUT2D eigenvalue weighted by molar-refractivity contribution is 5.24. The van der Waals surface area contributed by atoms with Crippen LogP contribution in [0.4, 0.5) is 13.2 Å². The molecule has 0 aromatic heterocycles. The number of nitrogens with one attached hydrogen (secondary N) is 1. The third-order valence-corrected chi connectivity index (χ3v) is 4.11. The fourth-order valence-electron chi connectivity index (χ4n) is 2.82. The number of hydrogen-bond donors (Lipinski definition) is 1. The fraction of sp³-hybridized carbons (Fsp3) is 0.600. The van der Waals surface area contributed by atoms with Gasteiger partial charge >= 0.3 is 0 Å². The summed E-state index contributed by atoms with van der Waals surface area (Å²) in [6.07, 6.45) is 0.854. The quantitative estimate of drug-likeness (QED) is 0.856. The lowest BCUT2D eigenvalue weighted by Gasteiger charge is -2.38. The largest absolute Gasteiger partial charge is 0.314 e. The Hall–Kier alpha value is -1.07. The molecular formula is C15H21F3N2. The maximum Gasteiger partial charge on any atom is 0.194 e. The first-order valence-electron chi connectivity index (χ1n) is 7.14. The minimum atomic E-state index is -1.37. The van der Waals surface area contributed by atoms with Crippen LogP contribution in [0.2, 0.25) is 0 Å². The molecule has 0 saturated carbocycles. The molecule has 1 saturated heterocycles. The molecule has 20 heavy (non-hydrogen) atoms. The molecule has 1 heterocycles. The summed E-state index contributed by atoms with van der Waals surface area (Å²) in [5, 5.41) is 3.24. The van der Waals surface area contributed by atoms with Crippen molar-refractivity contribution in [3.05, 3.63) is 35.1 Å². The minimum Gasteiger partial charge on any atom is -0.314 e. The van der Waals surface area contributed by atoms with Gasteiger partial charge in [0.15, 0.2) is 17.5 Å². The van der Waals surface area contributed by atoms with E-state index in [1.165, 1.54) is 6.07 Å². The van der Waals surface area contributed by atoms with Crippen LogP contribution in [0, 0.1) is 23.4 Å². The van der Waals surface area contributed by atoms with E-state index in [9.17, 15) is 13.2 Å². The highest BCUT2D eigenvalue weighted by Crippen LogP contribution is 2.33. The topological polar surface area (TPSA) is 15.3 Å². The molecule has 0 amide bonds. The van der Waals surface area contributed by atoms with Gasteiger partial charge in [-0.2, -0.15) is 0 Å². The SMILES string of the molecule is CCC(C)[C@@H](c1ccc(F)c(F)c1F)N1CCNCC1. The van der Waals surface area contributed by atoms with Gasteiger partial charge in [0.2, 0.25) is 0 Å². The summed E-state index contributed by atoms with van der Waals surface area (Å²) in [7, 11) is 0. The van der Waals surface area contributed by atoms with Gasteiger partial charge in [-0.1, -0.05) is 26.3 Å². The summed E-state index contributed by atoms with van der Waals surface area (Å²) in [5.41, 5.74) is 0.264. The van der Waals surface area contributed by atoms with Crippen LogP contribution in [0.15, 0.2) is 12.1 Å². The third-order valence-electron chi connectivity index (χ3n) is 4.11. The van der Waals surface area contributed by atoms with Crippen molar-refractivity contribution in [2.24, 2.45) is 5.92 Å². The van der Waals surface area contributed by atoms with Crippen molar-refractivity contribution in [1.82, 2.24) is 10.2 Å². The number of benzene rings is 1. The molecule has 5 heteroatoms. The van der Waals surface area contributed by atoms with Crippen LogP contribution in [-0.2, 0) is 0 Å². The van der Waals surface area contributed by atoms with Crippen LogP contribution >= 0.6 is 0 Å². The maximum absolute atomic E-state index is 14.1. The Morgan fingerprint density at radius 3 is 2.40 bits per heavy atom. The zero-order valence-corrected chi connectivity index (χ0v) is 11.9. The number of nitrogens with zero attached hydrogens (tertiary/aromatic N) is 1. The van der Waals surface area contributed by atoms with E-state index in [1.807, 2.05) is 13.8 Å². The van der Waals surface area contributed by atoms with Crippen LogP contribution < -0.4 is 5.32 Å². The summed E-state index contributed by atoms with van der Waals surface area (Å²) in [5.74, 6) is -3.37. The number of hydrogen-bond acceptors (Lipinski definition) is 2. The van der Waals surface area contributed by atoms with Crippen LogP contribution in [0.3, 0.4) is 0 Å². The summed E-state index contributed by atoms with van der Waals surface area (Å²) in [4.78, 5) is 2.15. The van der Waals surface area contributed by atoms with E-state index in [0.29, 0.717) is 0 Å². The van der Waals surface area contributed by atoms with Crippen molar-refractivity contribution in [2.45, 2.75) is 26.3 Å². The average Bonchev–Trinajstić information content (AvgIpc) is 2.48. The van der Waals surface area contributed by atoms with Gasteiger partial charge in [-0.05, 0) is 12.0 Å². The van der Waals surface area contributed by atoms with Crippen molar-refractivity contribution in [3.8, 4) is 0 Å². The van der Waals surface area contributed by atoms with E-state index < -0.39 is 17.5 Å². The molecule has 1 aliphatic rings. The van der Waals surface area contributed by atoms with Gasteiger partial charge in [-0.3, -0.25) is 4.90 Å². The van der Waals surface area contributed by atoms with Crippen molar-refractivity contribution >= 4 is 0 Å². The Bertz CT molecular complexity index is 459. The number of piperazine rings is 1. The van der Waals surface area contributed by atoms with Gasteiger partial charge in [0, 0.05) is 37.8 Å². The van der Waals surface area contributed by atoms with E-state index >= 15 is 0 Å². The van der Waals surface area contributed by atoms with Crippen molar-refractivity contribution in [1.29, 1.82) is 0 Å². The van der Waals surface area contributed by atoms with E-state index in [1.54, 1.807) is 0 Å². The Labute approximate surface area is 118 Å². The van der Waals surface area contributed by atoms with Gasteiger partial charge < -0.3 is 5.32 Å². The highest BCUT2D eigenvalue weighted by atomic mass is 19.2. The van der Waals surface area contributed by atoms with E-state index in [4.69, 9.17) is 0 Å². The first kappa shape index (κ1) is 15.3. The Morgan fingerprint density at radius 2 is 1.80 bits per heavy atom. The Morgan fingerprint density at radius 1 is 1.15 bits per heavy atom. The first-order valence-corrected chi connectivity index (χ1v) is 7.14. The molecule has 112 valence electrons. The lowest BCUT2D eigenvalue weighted by molar-refractivity contribution is 0.124. The molecule has 1 aliphatic heterocycles. The van der Waals surface area contributed by atoms with Crippen LogP contribution in [0.5, 0.6) is 0 Å². The molecule has 0 radical (unpaired) electrons. The second-order valence-electron chi connectivity index (χ2n) is 5.38. The molecule has 1 N–H and O–H groups in total. The zero-order valence-electron chi connectivity index (χ0n) is 11.9. The molecule has 1 unspecified atom stereocenters. The van der Waals surface area contributed by atoms with Gasteiger partial charge in [0.1, 0.15) is 0 Å². The molecule has 0 spiro atoms. The highest BCUT2D eigenvalue weighted by Gasteiger charge is 2.30. The van der Waals surface area contributed by atoms with E-state index in [-0.39, 0.29) is 17.5 Å². The van der Waals surface area contributed by atoms with Crippen molar-refractivity contribution in [3.63, 3.8) is 0 Å². The molecule has 0 bridgehead atoms. The molecule has 2 atom stereocenters. The lowest BCUT2D eigenvalue weighted by atomic mass is 9.90. The lowest BCUT2D eigenvalue weighted by Crippen LogP contribution is -2.46. The monoisotopic (exact) mass is 286 g/mol. The van der Waals surface area contributed by atoms with E-state index in [0.717, 1.165) is 38.7 Å².